The van der Waals surface area contributed by atoms with Gasteiger partial charge in [0.15, 0.2) is 10.9 Å². The zero-order valence-electron chi connectivity index (χ0n) is 8.47. The summed E-state index contributed by atoms with van der Waals surface area (Å²) in [6.07, 6.45) is 0. The molecule has 16 heavy (non-hydrogen) atoms. The van der Waals surface area contributed by atoms with Crippen molar-refractivity contribution >= 4 is 22.4 Å². The molecule has 0 unspecified atom stereocenters. The molecule has 84 valence electrons. The van der Waals surface area contributed by atoms with Gasteiger partial charge in [0.25, 0.3) is 0 Å². The van der Waals surface area contributed by atoms with E-state index in [1.807, 2.05) is 6.92 Å². The number of rotatable bonds is 4. The van der Waals surface area contributed by atoms with Crippen molar-refractivity contribution in [3.63, 3.8) is 0 Å². The summed E-state index contributed by atoms with van der Waals surface area (Å²) in [5.74, 6) is 0.139. The molecule has 2 heterocycles. The Morgan fingerprint density at radius 1 is 1.62 bits per heavy atom. The Balaban J connectivity index is 2.24. The third kappa shape index (κ3) is 2.03. The van der Waals surface area contributed by atoms with E-state index in [-0.39, 0.29) is 5.88 Å². The minimum atomic E-state index is -0.568. The first-order chi connectivity index (χ1) is 7.70. The summed E-state index contributed by atoms with van der Waals surface area (Å²) in [5.41, 5.74) is 0.606. The van der Waals surface area contributed by atoms with Gasteiger partial charge in [-0.1, -0.05) is 0 Å². The lowest BCUT2D eigenvalue weighted by Crippen LogP contribution is -1.94. The Bertz CT molecular complexity index is 506. The van der Waals surface area contributed by atoms with E-state index in [0.717, 1.165) is 11.7 Å². The van der Waals surface area contributed by atoms with Crippen LogP contribution in [0, 0.1) is 10.1 Å². The molecule has 2 aromatic heterocycles. The molecule has 0 aliphatic rings. The normalized spacial score (nSPS) is 10.3. The molecule has 0 aliphatic heterocycles. The van der Waals surface area contributed by atoms with Crippen molar-refractivity contribution in [1.82, 2.24) is 4.98 Å². The van der Waals surface area contributed by atoms with E-state index < -0.39 is 4.92 Å². The number of nitro groups is 1. The molecule has 0 saturated carbocycles. The number of aromatic nitrogens is 1. The summed E-state index contributed by atoms with van der Waals surface area (Å²) in [7, 11) is 0. The van der Waals surface area contributed by atoms with E-state index >= 15 is 0 Å². The van der Waals surface area contributed by atoms with Crippen LogP contribution in [0.1, 0.15) is 6.92 Å². The molecule has 0 saturated heterocycles. The van der Waals surface area contributed by atoms with Crippen LogP contribution < -0.4 is 5.32 Å². The number of hydrogen-bond acceptors (Lipinski definition) is 6. The van der Waals surface area contributed by atoms with Crippen molar-refractivity contribution in [2.24, 2.45) is 0 Å². The average molecular weight is 239 g/mol. The lowest BCUT2D eigenvalue weighted by molar-refractivity contribution is -0.401. The van der Waals surface area contributed by atoms with Crippen LogP contribution in [0.25, 0.3) is 11.5 Å². The highest BCUT2D eigenvalue weighted by atomic mass is 32.1. The van der Waals surface area contributed by atoms with Gasteiger partial charge in [-0.25, -0.2) is 4.98 Å². The zero-order chi connectivity index (χ0) is 11.5. The van der Waals surface area contributed by atoms with Gasteiger partial charge >= 0.3 is 5.88 Å². The van der Waals surface area contributed by atoms with E-state index in [9.17, 15) is 10.1 Å². The Labute approximate surface area is 95.1 Å². The van der Waals surface area contributed by atoms with Crippen LogP contribution >= 0.6 is 11.3 Å². The monoisotopic (exact) mass is 239 g/mol. The Hall–Kier alpha value is -1.89. The smallest absolute Gasteiger partial charge is 0.399 e. The van der Waals surface area contributed by atoms with Crippen LogP contribution in [-0.4, -0.2) is 16.5 Å². The minimum absolute atomic E-state index is 0.270. The van der Waals surface area contributed by atoms with Crippen LogP contribution in [0.2, 0.25) is 0 Å². The first-order valence-corrected chi connectivity index (χ1v) is 5.52. The number of anilines is 1. The Kier molecular flexibility index (Phi) is 2.86. The summed E-state index contributed by atoms with van der Waals surface area (Å²) < 4.78 is 5.04. The number of nitrogens with zero attached hydrogens (tertiary/aromatic N) is 2. The zero-order valence-corrected chi connectivity index (χ0v) is 9.28. The molecule has 0 aliphatic carbocycles. The van der Waals surface area contributed by atoms with Crippen molar-refractivity contribution in [3.05, 3.63) is 27.6 Å². The second-order valence-electron chi connectivity index (χ2n) is 2.96. The molecule has 6 nitrogen and oxygen atoms in total. The van der Waals surface area contributed by atoms with Gasteiger partial charge in [-0.2, -0.15) is 0 Å². The van der Waals surface area contributed by atoms with Crippen molar-refractivity contribution in [3.8, 4) is 11.5 Å². The van der Waals surface area contributed by atoms with Crippen LogP contribution in [0.4, 0.5) is 11.0 Å². The van der Waals surface area contributed by atoms with Gasteiger partial charge in [-0.3, -0.25) is 10.1 Å². The Morgan fingerprint density at radius 3 is 3.06 bits per heavy atom. The third-order valence-corrected chi connectivity index (χ3v) is 2.66. The number of nitrogens with one attached hydrogen (secondary N) is 1. The van der Waals surface area contributed by atoms with Crippen molar-refractivity contribution in [1.29, 1.82) is 0 Å². The van der Waals surface area contributed by atoms with E-state index in [2.05, 4.69) is 10.3 Å². The highest BCUT2D eigenvalue weighted by Crippen LogP contribution is 2.28. The van der Waals surface area contributed by atoms with Crippen LogP contribution in [0.5, 0.6) is 0 Å². The lowest BCUT2D eigenvalue weighted by atomic mass is 10.4. The van der Waals surface area contributed by atoms with Gasteiger partial charge in [0.1, 0.15) is 10.6 Å². The van der Waals surface area contributed by atoms with E-state index in [1.54, 1.807) is 11.4 Å². The van der Waals surface area contributed by atoms with Gasteiger partial charge in [-0.15, -0.1) is 11.3 Å². The summed E-state index contributed by atoms with van der Waals surface area (Å²) >= 11 is 1.43. The summed E-state index contributed by atoms with van der Waals surface area (Å²) in [6, 6.07) is 2.87. The molecule has 0 amide bonds. The molecule has 1 N–H and O–H groups in total. The van der Waals surface area contributed by atoms with Gasteiger partial charge in [0, 0.05) is 11.9 Å². The molecule has 0 atom stereocenters. The van der Waals surface area contributed by atoms with Crippen molar-refractivity contribution in [2.45, 2.75) is 6.92 Å². The second-order valence-corrected chi connectivity index (χ2v) is 3.82. The highest BCUT2D eigenvalue weighted by Gasteiger charge is 2.14. The molecule has 0 spiro atoms. The van der Waals surface area contributed by atoms with E-state index in [1.165, 1.54) is 17.4 Å². The van der Waals surface area contributed by atoms with Crippen molar-refractivity contribution < 1.29 is 9.34 Å². The van der Waals surface area contributed by atoms with Crippen LogP contribution in [0.3, 0.4) is 0 Å². The fourth-order valence-electron chi connectivity index (χ4n) is 1.18. The standard InChI is InChI=1S/C9H9N3O3S/c1-2-10-9-11-6(5-16-9)7-3-4-8(15-7)12(13)14/h3-5H,2H2,1H3,(H,10,11). The van der Waals surface area contributed by atoms with E-state index in [4.69, 9.17) is 4.42 Å². The molecular weight excluding hydrogens is 230 g/mol. The maximum Gasteiger partial charge on any atom is 0.433 e. The summed E-state index contributed by atoms with van der Waals surface area (Å²) in [5, 5.41) is 16.1. The number of furan rings is 1. The first kappa shape index (κ1) is 10.6. The van der Waals surface area contributed by atoms with Crippen molar-refractivity contribution in [2.75, 3.05) is 11.9 Å². The predicted octanol–water partition coefficient (Wildman–Crippen LogP) is 2.74. The molecule has 2 aromatic rings. The second kappa shape index (κ2) is 4.31. The summed E-state index contributed by atoms with van der Waals surface area (Å²) in [4.78, 5) is 14.1. The Morgan fingerprint density at radius 2 is 2.44 bits per heavy atom. The molecule has 0 aromatic carbocycles. The van der Waals surface area contributed by atoms with Gasteiger partial charge < -0.3 is 9.73 Å². The quantitative estimate of drug-likeness (QED) is 0.655. The largest absolute Gasteiger partial charge is 0.433 e. The highest BCUT2D eigenvalue weighted by molar-refractivity contribution is 7.14. The maximum atomic E-state index is 10.4. The predicted molar refractivity (Wildman–Crippen MR) is 60.6 cm³/mol. The van der Waals surface area contributed by atoms with Crippen LogP contribution in [0.15, 0.2) is 21.9 Å². The number of thiazole rings is 1. The molecule has 2 rings (SSSR count). The molecule has 7 heteroatoms. The number of hydrogen-bond donors (Lipinski definition) is 1. The molecular formula is C9H9N3O3S. The fourth-order valence-corrected chi connectivity index (χ4v) is 1.95. The molecule has 0 bridgehead atoms. The maximum absolute atomic E-state index is 10.4. The first-order valence-electron chi connectivity index (χ1n) is 4.64. The molecule has 0 radical (unpaired) electrons. The fraction of sp³-hybridized carbons (Fsp3) is 0.222. The topological polar surface area (TPSA) is 81.2 Å². The van der Waals surface area contributed by atoms with Gasteiger partial charge in [0.2, 0.25) is 0 Å². The van der Waals surface area contributed by atoms with Gasteiger partial charge in [-0.05, 0) is 13.0 Å². The SMILES string of the molecule is CCNc1nc(-c2ccc([N+](=O)[O-])o2)cs1. The van der Waals surface area contributed by atoms with Gasteiger partial charge in [0.05, 0.1) is 6.07 Å². The lowest BCUT2D eigenvalue weighted by Gasteiger charge is -1.93. The summed E-state index contributed by atoms with van der Waals surface area (Å²) in [6.45, 7) is 2.75. The molecule has 0 fully saturated rings. The average Bonchev–Trinajstić information content (AvgIpc) is 2.84. The van der Waals surface area contributed by atoms with E-state index in [0.29, 0.717) is 11.5 Å². The third-order valence-electron chi connectivity index (χ3n) is 1.86. The van der Waals surface area contributed by atoms with Crippen LogP contribution in [-0.2, 0) is 0 Å². The minimum Gasteiger partial charge on any atom is -0.399 e.